The van der Waals surface area contributed by atoms with Gasteiger partial charge >= 0.3 is 5.97 Å². The van der Waals surface area contributed by atoms with Crippen LogP contribution in [0.3, 0.4) is 0 Å². The second kappa shape index (κ2) is 7.45. The fraction of sp³-hybridized carbons (Fsp3) is 0.312. The number of rotatable bonds is 6. The molecule has 2 aromatic rings. The van der Waals surface area contributed by atoms with E-state index in [1.165, 1.54) is 0 Å². The van der Waals surface area contributed by atoms with E-state index < -0.39 is 5.97 Å². The molecule has 5 nitrogen and oxygen atoms in total. The first-order valence-corrected chi connectivity index (χ1v) is 6.69. The highest BCUT2D eigenvalue weighted by Gasteiger charge is 2.16. The predicted octanol–water partition coefficient (Wildman–Crippen LogP) is 2.93. The molecule has 2 rings (SSSR count). The zero-order valence-electron chi connectivity index (χ0n) is 12.5. The minimum atomic E-state index is -0.963. The van der Waals surface area contributed by atoms with E-state index in [-0.39, 0.29) is 30.1 Å². The van der Waals surface area contributed by atoms with Crippen LogP contribution in [-0.2, 0) is 6.54 Å². The van der Waals surface area contributed by atoms with Gasteiger partial charge in [-0.05, 0) is 38.1 Å². The van der Waals surface area contributed by atoms with Crippen LogP contribution in [0.15, 0.2) is 40.8 Å². The highest BCUT2D eigenvalue weighted by atomic mass is 35.5. The first-order chi connectivity index (χ1) is 9.91. The smallest absolute Gasteiger partial charge is 0.335 e. The Hall–Kier alpha value is -1.82. The number of halogens is 1. The van der Waals surface area contributed by atoms with Gasteiger partial charge in [-0.2, -0.15) is 0 Å². The van der Waals surface area contributed by atoms with Gasteiger partial charge in [0.15, 0.2) is 0 Å². The molecule has 1 heterocycles. The maximum atomic E-state index is 11.0. The van der Waals surface area contributed by atoms with Crippen LogP contribution in [0.4, 0.5) is 0 Å². The second-order valence-corrected chi connectivity index (χ2v) is 5.55. The van der Waals surface area contributed by atoms with E-state index >= 15 is 0 Å². The van der Waals surface area contributed by atoms with Crippen molar-refractivity contribution in [1.82, 2.24) is 5.32 Å². The van der Waals surface area contributed by atoms with Crippen molar-refractivity contribution in [3.05, 3.63) is 47.7 Å². The monoisotopic (exact) mass is 325 g/mol. The number of hydrogen-bond acceptors (Lipinski definition) is 4. The minimum Gasteiger partial charge on any atom is -0.478 e. The summed E-state index contributed by atoms with van der Waals surface area (Å²) in [4.78, 5) is 11.0. The quantitative estimate of drug-likeness (QED) is 0.760. The summed E-state index contributed by atoms with van der Waals surface area (Å²) >= 11 is 0. The molecule has 0 aliphatic rings. The molecule has 0 bridgehead atoms. The van der Waals surface area contributed by atoms with Gasteiger partial charge < -0.3 is 19.9 Å². The molecular weight excluding hydrogens is 306 g/mol. The number of carboxylic acid groups (broad SMARTS) is 1. The molecular formula is C16H20ClNO4. The van der Waals surface area contributed by atoms with Crippen molar-refractivity contribution < 1.29 is 19.4 Å². The van der Waals surface area contributed by atoms with Gasteiger partial charge in [-0.3, -0.25) is 0 Å². The summed E-state index contributed by atoms with van der Waals surface area (Å²) < 4.78 is 5.71. The Labute approximate surface area is 135 Å². The molecule has 0 saturated carbocycles. The average molecular weight is 326 g/mol. The Morgan fingerprint density at radius 1 is 1.27 bits per heavy atom. The standard InChI is InChI=1S/C16H19NO4.ClH/c1-16(2,10-18)17-9-13-6-7-14(21-13)11-4-3-5-12(8-11)15(19)20;/h3-8,17-18H,9-10H2,1-2H3,(H,19,20);1H. The average Bonchev–Trinajstić information content (AvgIpc) is 2.94. The zero-order valence-corrected chi connectivity index (χ0v) is 13.3. The number of aliphatic hydroxyl groups excluding tert-OH is 1. The highest BCUT2D eigenvalue weighted by Crippen LogP contribution is 2.23. The van der Waals surface area contributed by atoms with Crippen molar-refractivity contribution in [2.24, 2.45) is 0 Å². The molecule has 0 spiro atoms. The maximum Gasteiger partial charge on any atom is 0.335 e. The van der Waals surface area contributed by atoms with Gasteiger partial charge in [-0.1, -0.05) is 12.1 Å². The van der Waals surface area contributed by atoms with E-state index in [0.29, 0.717) is 12.3 Å². The molecule has 1 aromatic heterocycles. The summed E-state index contributed by atoms with van der Waals surface area (Å²) in [6, 6.07) is 10.3. The van der Waals surface area contributed by atoms with Gasteiger partial charge in [-0.25, -0.2) is 4.79 Å². The second-order valence-electron chi connectivity index (χ2n) is 5.55. The number of furan rings is 1. The summed E-state index contributed by atoms with van der Waals surface area (Å²) in [6.45, 7) is 4.31. The fourth-order valence-electron chi connectivity index (χ4n) is 1.82. The molecule has 0 fully saturated rings. The van der Waals surface area contributed by atoms with E-state index in [9.17, 15) is 9.90 Å². The number of aliphatic hydroxyl groups is 1. The van der Waals surface area contributed by atoms with E-state index in [1.807, 2.05) is 26.0 Å². The van der Waals surface area contributed by atoms with Crippen LogP contribution < -0.4 is 5.32 Å². The third kappa shape index (κ3) is 4.59. The lowest BCUT2D eigenvalue weighted by molar-refractivity contribution is 0.0697. The molecule has 1 aromatic carbocycles. The van der Waals surface area contributed by atoms with Crippen molar-refractivity contribution >= 4 is 18.4 Å². The fourth-order valence-corrected chi connectivity index (χ4v) is 1.82. The van der Waals surface area contributed by atoms with Crippen LogP contribution >= 0.6 is 12.4 Å². The number of carboxylic acids is 1. The van der Waals surface area contributed by atoms with Crippen molar-refractivity contribution in [2.75, 3.05) is 6.61 Å². The number of aromatic carboxylic acids is 1. The van der Waals surface area contributed by atoms with Gasteiger partial charge in [-0.15, -0.1) is 12.4 Å². The van der Waals surface area contributed by atoms with Gasteiger partial charge in [0.1, 0.15) is 11.5 Å². The predicted molar refractivity (Wildman–Crippen MR) is 86.4 cm³/mol. The molecule has 6 heteroatoms. The lowest BCUT2D eigenvalue weighted by atomic mass is 10.1. The Balaban J connectivity index is 0.00000242. The van der Waals surface area contributed by atoms with Crippen molar-refractivity contribution in [3.63, 3.8) is 0 Å². The molecule has 0 amide bonds. The summed E-state index contributed by atoms with van der Waals surface area (Å²) in [5.41, 5.74) is 0.573. The Morgan fingerprint density at radius 2 is 2.00 bits per heavy atom. The Morgan fingerprint density at radius 3 is 2.64 bits per heavy atom. The van der Waals surface area contributed by atoms with Crippen LogP contribution in [0.1, 0.15) is 30.0 Å². The first kappa shape index (κ1) is 18.2. The summed E-state index contributed by atoms with van der Waals surface area (Å²) in [5, 5.41) is 21.4. The topological polar surface area (TPSA) is 82.7 Å². The zero-order chi connectivity index (χ0) is 15.5. The number of hydrogen-bond donors (Lipinski definition) is 3. The van der Waals surface area contributed by atoms with Crippen LogP contribution in [0, 0.1) is 0 Å². The first-order valence-electron chi connectivity index (χ1n) is 6.69. The largest absolute Gasteiger partial charge is 0.478 e. The van der Waals surface area contributed by atoms with E-state index in [0.717, 1.165) is 11.3 Å². The normalized spacial score (nSPS) is 11.0. The molecule has 0 saturated heterocycles. The van der Waals surface area contributed by atoms with Gasteiger partial charge in [0.2, 0.25) is 0 Å². The third-order valence-corrected chi connectivity index (χ3v) is 3.19. The van der Waals surface area contributed by atoms with Gasteiger partial charge in [0, 0.05) is 11.1 Å². The Bertz CT molecular complexity index is 637. The van der Waals surface area contributed by atoms with Crippen LogP contribution in [-0.4, -0.2) is 28.3 Å². The maximum absolute atomic E-state index is 11.0. The van der Waals surface area contributed by atoms with Crippen LogP contribution in [0.25, 0.3) is 11.3 Å². The molecule has 0 atom stereocenters. The van der Waals surface area contributed by atoms with Crippen molar-refractivity contribution in [2.45, 2.75) is 25.9 Å². The summed E-state index contributed by atoms with van der Waals surface area (Å²) in [5.74, 6) is 0.388. The SMILES string of the molecule is CC(C)(CO)NCc1ccc(-c2cccc(C(=O)O)c2)o1.Cl. The van der Waals surface area contributed by atoms with Crippen molar-refractivity contribution in [3.8, 4) is 11.3 Å². The molecule has 0 aliphatic heterocycles. The van der Waals surface area contributed by atoms with Crippen LogP contribution in [0.2, 0.25) is 0 Å². The molecule has 0 unspecified atom stereocenters. The summed E-state index contributed by atoms with van der Waals surface area (Å²) in [6.07, 6.45) is 0. The van der Waals surface area contributed by atoms with E-state index in [1.54, 1.807) is 24.3 Å². The van der Waals surface area contributed by atoms with Gasteiger partial charge in [0.05, 0.1) is 18.7 Å². The van der Waals surface area contributed by atoms with Crippen LogP contribution in [0.5, 0.6) is 0 Å². The lowest BCUT2D eigenvalue weighted by Gasteiger charge is -2.22. The minimum absolute atomic E-state index is 0. The molecule has 22 heavy (non-hydrogen) atoms. The third-order valence-electron chi connectivity index (χ3n) is 3.19. The number of carbonyl (C=O) groups is 1. The molecule has 3 N–H and O–H groups in total. The van der Waals surface area contributed by atoms with Crippen molar-refractivity contribution in [1.29, 1.82) is 0 Å². The number of benzene rings is 1. The molecule has 120 valence electrons. The summed E-state index contributed by atoms with van der Waals surface area (Å²) in [7, 11) is 0. The van der Waals surface area contributed by atoms with E-state index in [2.05, 4.69) is 5.32 Å². The Kier molecular flexibility index (Phi) is 6.17. The number of nitrogens with one attached hydrogen (secondary N) is 1. The van der Waals surface area contributed by atoms with Gasteiger partial charge in [0.25, 0.3) is 0 Å². The highest BCUT2D eigenvalue weighted by molar-refractivity contribution is 5.89. The lowest BCUT2D eigenvalue weighted by Crippen LogP contribution is -2.41. The molecule has 0 aliphatic carbocycles. The van der Waals surface area contributed by atoms with E-state index in [4.69, 9.17) is 9.52 Å². The molecule has 0 radical (unpaired) electrons.